The van der Waals surface area contributed by atoms with Gasteiger partial charge in [-0.05, 0) is 25.3 Å². The molecule has 0 aliphatic rings. The van der Waals surface area contributed by atoms with Crippen molar-refractivity contribution >= 4 is 0 Å². The van der Waals surface area contributed by atoms with Crippen LogP contribution in [0.2, 0.25) is 0 Å². The third-order valence-electron chi connectivity index (χ3n) is 3.38. The maximum atomic E-state index is 5.98. The zero-order valence-corrected chi connectivity index (χ0v) is 11.5. The summed E-state index contributed by atoms with van der Waals surface area (Å²) >= 11 is 0. The molecular weight excluding hydrogens is 220 g/mol. The third kappa shape index (κ3) is 4.52. The first-order valence-electron chi connectivity index (χ1n) is 6.65. The molecule has 1 atom stereocenters. The lowest BCUT2D eigenvalue weighted by molar-refractivity contribution is 0.322. The Morgan fingerprint density at radius 2 is 2.00 bits per heavy atom. The van der Waals surface area contributed by atoms with E-state index < -0.39 is 0 Å². The van der Waals surface area contributed by atoms with Gasteiger partial charge in [-0.25, -0.2) is 0 Å². The smallest absolute Gasteiger partial charge is 0.0342 e. The van der Waals surface area contributed by atoms with Crippen LogP contribution in [-0.2, 0) is 6.42 Å². The molecule has 2 nitrogen and oxygen atoms in total. The summed E-state index contributed by atoms with van der Waals surface area (Å²) in [5.41, 5.74) is 7.31. The topological polar surface area (TPSA) is 38.0 Å². The molecule has 0 spiro atoms. The van der Waals surface area contributed by atoms with Crippen LogP contribution >= 0.6 is 0 Å². The van der Waals surface area contributed by atoms with Crippen molar-refractivity contribution in [2.24, 2.45) is 5.73 Å². The molecule has 0 aliphatic heterocycles. The molecule has 0 heterocycles. The first-order valence-corrected chi connectivity index (χ1v) is 6.65. The molecule has 18 heavy (non-hydrogen) atoms. The van der Waals surface area contributed by atoms with Gasteiger partial charge in [0.25, 0.3) is 0 Å². The van der Waals surface area contributed by atoms with Crippen molar-refractivity contribution in [2.45, 2.75) is 38.6 Å². The minimum absolute atomic E-state index is 0.00320. The Morgan fingerprint density at radius 3 is 2.56 bits per heavy atom. The Hall–Kier alpha value is -1.30. The molecule has 0 amide bonds. The fraction of sp³-hybridized carbons (Fsp3) is 0.500. The highest BCUT2D eigenvalue weighted by atomic mass is 15.0. The van der Waals surface area contributed by atoms with E-state index >= 15 is 0 Å². The molecule has 0 bridgehead atoms. The molecule has 0 aromatic heterocycles. The molecular formula is C16H24N2. The summed E-state index contributed by atoms with van der Waals surface area (Å²) < 4.78 is 0. The SMILES string of the molecule is CC#CCCNC(CC)(CN)Cc1ccccc1. The predicted octanol–water partition coefficient (Wildman–Crippen LogP) is 2.34. The molecule has 0 radical (unpaired) electrons. The molecule has 0 saturated carbocycles. The van der Waals surface area contributed by atoms with Gasteiger partial charge < -0.3 is 11.1 Å². The minimum atomic E-state index is -0.00320. The van der Waals surface area contributed by atoms with Crippen LogP contribution in [0.15, 0.2) is 30.3 Å². The summed E-state index contributed by atoms with van der Waals surface area (Å²) in [5.74, 6) is 6.00. The maximum Gasteiger partial charge on any atom is 0.0342 e. The number of hydrogen-bond donors (Lipinski definition) is 2. The average molecular weight is 244 g/mol. The van der Waals surface area contributed by atoms with Crippen molar-refractivity contribution in [1.82, 2.24) is 5.32 Å². The van der Waals surface area contributed by atoms with E-state index in [0.717, 1.165) is 25.8 Å². The summed E-state index contributed by atoms with van der Waals surface area (Å²) in [6.07, 6.45) is 2.88. The van der Waals surface area contributed by atoms with Crippen LogP contribution in [0.3, 0.4) is 0 Å². The van der Waals surface area contributed by atoms with Crippen LogP contribution in [-0.4, -0.2) is 18.6 Å². The van der Waals surface area contributed by atoms with E-state index in [9.17, 15) is 0 Å². The quantitative estimate of drug-likeness (QED) is 0.571. The number of benzene rings is 1. The van der Waals surface area contributed by atoms with Gasteiger partial charge in [0.1, 0.15) is 0 Å². The highest BCUT2D eigenvalue weighted by Crippen LogP contribution is 2.16. The van der Waals surface area contributed by atoms with Crippen molar-refractivity contribution in [3.63, 3.8) is 0 Å². The summed E-state index contributed by atoms with van der Waals surface area (Å²) in [6.45, 7) is 5.62. The first-order chi connectivity index (χ1) is 8.76. The van der Waals surface area contributed by atoms with E-state index in [-0.39, 0.29) is 5.54 Å². The van der Waals surface area contributed by atoms with Crippen LogP contribution in [0.1, 0.15) is 32.3 Å². The van der Waals surface area contributed by atoms with Crippen LogP contribution < -0.4 is 11.1 Å². The molecule has 98 valence electrons. The monoisotopic (exact) mass is 244 g/mol. The van der Waals surface area contributed by atoms with Gasteiger partial charge in [0.15, 0.2) is 0 Å². The zero-order chi connectivity index (χ0) is 13.3. The van der Waals surface area contributed by atoms with E-state index in [4.69, 9.17) is 5.73 Å². The second-order valence-electron chi connectivity index (χ2n) is 4.60. The first kappa shape index (κ1) is 14.8. The number of nitrogens with two attached hydrogens (primary N) is 1. The van der Waals surface area contributed by atoms with Crippen LogP contribution in [0, 0.1) is 11.8 Å². The van der Waals surface area contributed by atoms with Gasteiger partial charge in [-0.1, -0.05) is 37.3 Å². The third-order valence-corrected chi connectivity index (χ3v) is 3.38. The van der Waals surface area contributed by atoms with E-state index in [1.165, 1.54) is 5.56 Å². The maximum absolute atomic E-state index is 5.98. The summed E-state index contributed by atoms with van der Waals surface area (Å²) in [6, 6.07) is 10.5. The Balaban J connectivity index is 2.63. The van der Waals surface area contributed by atoms with Gasteiger partial charge in [-0.3, -0.25) is 0 Å². The molecule has 1 aromatic rings. The highest BCUT2D eigenvalue weighted by molar-refractivity contribution is 5.18. The van der Waals surface area contributed by atoms with Gasteiger partial charge in [0.05, 0.1) is 0 Å². The summed E-state index contributed by atoms with van der Waals surface area (Å²) in [5, 5.41) is 3.59. The van der Waals surface area contributed by atoms with Gasteiger partial charge in [-0.15, -0.1) is 11.8 Å². The number of nitrogens with one attached hydrogen (secondary N) is 1. The lowest BCUT2D eigenvalue weighted by atomic mass is 9.88. The molecule has 1 rings (SSSR count). The van der Waals surface area contributed by atoms with Crippen LogP contribution in [0.5, 0.6) is 0 Å². The van der Waals surface area contributed by atoms with Crippen molar-refractivity contribution in [2.75, 3.05) is 13.1 Å². The predicted molar refractivity (Wildman–Crippen MR) is 78.3 cm³/mol. The Kier molecular flexibility index (Phi) is 6.49. The van der Waals surface area contributed by atoms with E-state index in [1.54, 1.807) is 0 Å². The lowest BCUT2D eigenvalue weighted by Gasteiger charge is -2.33. The molecule has 0 aliphatic carbocycles. The Bertz CT molecular complexity index is 383. The van der Waals surface area contributed by atoms with E-state index in [1.807, 2.05) is 13.0 Å². The van der Waals surface area contributed by atoms with Gasteiger partial charge in [-0.2, -0.15) is 0 Å². The molecule has 3 N–H and O–H groups in total. The fourth-order valence-electron chi connectivity index (χ4n) is 2.10. The lowest BCUT2D eigenvalue weighted by Crippen LogP contribution is -2.52. The molecule has 1 aromatic carbocycles. The summed E-state index contributed by atoms with van der Waals surface area (Å²) in [7, 11) is 0. The zero-order valence-electron chi connectivity index (χ0n) is 11.5. The molecule has 2 heteroatoms. The van der Waals surface area contributed by atoms with E-state index in [2.05, 4.69) is 48.3 Å². The van der Waals surface area contributed by atoms with Crippen molar-refractivity contribution in [1.29, 1.82) is 0 Å². The van der Waals surface area contributed by atoms with Gasteiger partial charge in [0, 0.05) is 25.0 Å². The van der Waals surface area contributed by atoms with E-state index in [0.29, 0.717) is 6.54 Å². The second-order valence-corrected chi connectivity index (χ2v) is 4.60. The number of hydrogen-bond acceptors (Lipinski definition) is 2. The van der Waals surface area contributed by atoms with Crippen LogP contribution in [0.25, 0.3) is 0 Å². The molecule has 0 saturated heterocycles. The largest absolute Gasteiger partial charge is 0.329 e. The standard InChI is InChI=1S/C16H24N2/c1-3-5-9-12-18-16(4-2,14-17)13-15-10-7-6-8-11-15/h6-8,10-11,18H,4,9,12-14,17H2,1-2H3. The second kappa shape index (κ2) is 7.92. The fourth-order valence-corrected chi connectivity index (χ4v) is 2.10. The van der Waals surface area contributed by atoms with Crippen molar-refractivity contribution in [3.05, 3.63) is 35.9 Å². The van der Waals surface area contributed by atoms with Gasteiger partial charge >= 0.3 is 0 Å². The molecule has 1 unspecified atom stereocenters. The highest BCUT2D eigenvalue weighted by Gasteiger charge is 2.25. The van der Waals surface area contributed by atoms with Crippen molar-refractivity contribution < 1.29 is 0 Å². The van der Waals surface area contributed by atoms with Gasteiger partial charge in [0.2, 0.25) is 0 Å². The van der Waals surface area contributed by atoms with Crippen LogP contribution in [0.4, 0.5) is 0 Å². The average Bonchev–Trinajstić information content (AvgIpc) is 2.43. The Labute approximate surface area is 111 Å². The minimum Gasteiger partial charge on any atom is -0.329 e. The van der Waals surface area contributed by atoms with Crippen molar-refractivity contribution in [3.8, 4) is 11.8 Å². The normalized spacial score (nSPS) is 13.5. The molecule has 0 fully saturated rings. The Morgan fingerprint density at radius 1 is 1.28 bits per heavy atom. The summed E-state index contributed by atoms with van der Waals surface area (Å²) in [4.78, 5) is 0. The number of rotatable bonds is 7.